The van der Waals surface area contributed by atoms with E-state index in [1.54, 1.807) is 0 Å². The van der Waals surface area contributed by atoms with Gasteiger partial charge in [-0.1, -0.05) is 13.8 Å². The largest absolute Gasteiger partial charge is 0.490 e. The Bertz CT molecular complexity index is 525. The van der Waals surface area contributed by atoms with E-state index in [1.807, 2.05) is 0 Å². The van der Waals surface area contributed by atoms with Crippen LogP contribution in [0, 0.1) is 11.6 Å². The lowest BCUT2D eigenvalue weighted by atomic mass is 9.89. The smallest absolute Gasteiger partial charge is 0.162 e. The molecule has 0 bridgehead atoms. The summed E-state index contributed by atoms with van der Waals surface area (Å²) >= 11 is 0. The van der Waals surface area contributed by atoms with Crippen molar-refractivity contribution in [3.05, 3.63) is 29.8 Å². The van der Waals surface area contributed by atoms with Gasteiger partial charge in [0.15, 0.2) is 11.6 Å². The molecular weight excluding hydrogens is 304 g/mol. The van der Waals surface area contributed by atoms with Crippen LogP contribution in [-0.2, 0) is 0 Å². The average molecular weight is 329 g/mol. The maximum Gasteiger partial charge on any atom is 0.162 e. The minimum absolute atomic E-state index is 0.129. The van der Waals surface area contributed by atoms with Gasteiger partial charge in [0.05, 0.1) is 6.10 Å². The van der Waals surface area contributed by atoms with Gasteiger partial charge in [-0.25, -0.2) is 8.78 Å². The van der Waals surface area contributed by atoms with E-state index < -0.39 is 23.3 Å². The van der Waals surface area contributed by atoms with E-state index in [1.165, 1.54) is 6.07 Å². The van der Waals surface area contributed by atoms with E-state index in [4.69, 9.17) is 4.74 Å². The van der Waals surface area contributed by atoms with Gasteiger partial charge in [-0.3, -0.25) is 4.90 Å². The fourth-order valence-corrected chi connectivity index (χ4v) is 3.13. The summed E-state index contributed by atoms with van der Waals surface area (Å²) in [5, 5.41) is 20.9. The second-order valence-corrected chi connectivity index (χ2v) is 6.21. The summed E-state index contributed by atoms with van der Waals surface area (Å²) < 4.78 is 31.5. The topological polar surface area (TPSA) is 52.9 Å². The number of halogens is 2. The second-order valence-electron chi connectivity index (χ2n) is 6.21. The minimum atomic E-state index is -1.42. The number of nitrogens with zero attached hydrogens (tertiary/aromatic N) is 1. The van der Waals surface area contributed by atoms with Crippen LogP contribution in [0.4, 0.5) is 8.78 Å². The molecule has 4 nitrogen and oxygen atoms in total. The Balaban J connectivity index is 2.04. The molecule has 0 spiro atoms. The summed E-state index contributed by atoms with van der Waals surface area (Å²) in [6, 6.07) is 3.56. The fraction of sp³-hybridized carbons (Fsp3) is 0.647. The quantitative estimate of drug-likeness (QED) is 0.841. The molecule has 0 unspecified atom stereocenters. The molecule has 1 fully saturated rings. The third kappa shape index (κ3) is 4.19. The van der Waals surface area contributed by atoms with Crippen molar-refractivity contribution in [3.8, 4) is 5.75 Å². The number of aliphatic hydroxyl groups is 2. The molecule has 0 amide bonds. The van der Waals surface area contributed by atoms with Crippen molar-refractivity contribution in [2.45, 2.75) is 50.9 Å². The number of β-amino-alcohol motifs (C(OH)–C–C–N with tert-alkyl or cyclic N) is 1. The van der Waals surface area contributed by atoms with Crippen LogP contribution in [0.25, 0.3) is 0 Å². The first-order chi connectivity index (χ1) is 10.9. The lowest BCUT2D eigenvalue weighted by Crippen LogP contribution is -2.61. The van der Waals surface area contributed by atoms with Crippen LogP contribution in [0.5, 0.6) is 5.75 Å². The third-order valence-corrected chi connectivity index (χ3v) is 4.63. The van der Waals surface area contributed by atoms with Crippen molar-refractivity contribution >= 4 is 0 Å². The van der Waals surface area contributed by atoms with Crippen LogP contribution in [0.2, 0.25) is 0 Å². The molecule has 1 heterocycles. The second kappa shape index (κ2) is 7.55. The molecule has 0 aromatic heterocycles. The molecule has 1 aromatic carbocycles. The molecule has 0 saturated carbocycles. The molecule has 1 saturated heterocycles. The molecule has 130 valence electrons. The summed E-state index contributed by atoms with van der Waals surface area (Å²) in [6.07, 6.45) is 1.48. The standard InChI is InChI=1S/C17H25F2NO3/c1-3-12(4-2)20-8-7-16(21)17(22,10-20)11-23-13-5-6-14(18)15(19)9-13/h5-6,9,12,16,21-22H,3-4,7-8,10-11H2,1-2H3/t16-,17-/m0/s1. The normalized spacial score (nSPS) is 25.8. The molecule has 2 rings (SSSR count). The highest BCUT2D eigenvalue weighted by Crippen LogP contribution is 2.26. The van der Waals surface area contributed by atoms with Gasteiger partial charge in [0.1, 0.15) is 18.0 Å². The molecule has 2 N–H and O–H groups in total. The molecule has 23 heavy (non-hydrogen) atoms. The zero-order chi connectivity index (χ0) is 17.0. The Kier molecular flexibility index (Phi) is 5.95. The molecule has 0 radical (unpaired) electrons. The van der Waals surface area contributed by atoms with Gasteiger partial charge in [0.2, 0.25) is 0 Å². The van der Waals surface area contributed by atoms with Crippen LogP contribution < -0.4 is 4.74 Å². The zero-order valence-electron chi connectivity index (χ0n) is 13.6. The molecule has 1 aliphatic heterocycles. The number of aliphatic hydroxyl groups excluding tert-OH is 1. The van der Waals surface area contributed by atoms with E-state index in [9.17, 15) is 19.0 Å². The number of ether oxygens (including phenoxy) is 1. The Morgan fingerprint density at radius 2 is 2.00 bits per heavy atom. The van der Waals surface area contributed by atoms with Gasteiger partial charge < -0.3 is 14.9 Å². The highest BCUT2D eigenvalue weighted by Gasteiger charge is 2.43. The predicted octanol–water partition coefficient (Wildman–Crippen LogP) is 2.33. The summed E-state index contributed by atoms with van der Waals surface area (Å²) in [5.74, 6) is -1.82. The molecule has 1 aromatic rings. The van der Waals surface area contributed by atoms with Gasteiger partial charge in [-0.05, 0) is 31.4 Å². The van der Waals surface area contributed by atoms with Crippen molar-refractivity contribution in [1.82, 2.24) is 4.90 Å². The maximum absolute atomic E-state index is 13.2. The third-order valence-electron chi connectivity index (χ3n) is 4.63. The zero-order valence-corrected chi connectivity index (χ0v) is 13.6. The number of rotatable bonds is 6. The first kappa shape index (κ1) is 18.1. The van der Waals surface area contributed by atoms with Crippen molar-refractivity contribution in [1.29, 1.82) is 0 Å². The Hall–Kier alpha value is -1.24. The maximum atomic E-state index is 13.2. The van der Waals surface area contributed by atoms with Gasteiger partial charge >= 0.3 is 0 Å². The molecule has 6 heteroatoms. The predicted molar refractivity (Wildman–Crippen MR) is 83.4 cm³/mol. The van der Waals surface area contributed by atoms with Gasteiger partial charge in [0.25, 0.3) is 0 Å². The molecule has 2 atom stereocenters. The monoisotopic (exact) mass is 329 g/mol. The van der Waals surface area contributed by atoms with Crippen molar-refractivity contribution in [2.75, 3.05) is 19.7 Å². The lowest BCUT2D eigenvalue weighted by Gasteiger charge is -2.45. The van der Waals surface area contributed by atoms with E-state index in [2.05, 4.69) is 18.7 Å². The highest BCUT2D eigenvalue weighted by molar-refractivity contribution is 5.23. The van der Waals surface area contributed by atoms with Crippen LogP contribution in [0.1, 0.15) is 33.1 Å². The number of likely N-dealkylation sites (tertiary alicyclic amines) is 1. The minimum Gasteiger partial charge on any atom is -0.490 e. The number of hydrogen-bond donors (Lipinski definition) is 2. The van der Waals surface area contributed by atoms with Crippen molar-refractivity contribution in [3.63, 3.8) is 0 Å². The fourth-order valence-electron chi connectivity index (χ4n) is 3.13. The van der Waals surface area contributed by atoms with E-state index in [0.29, 0.717) is 19.0 Å². The van der Waals surface area contributed by atoms with Gasteiger partial charge in [-0.15, -0.1) is 0 Å². The summed E-state index contributed by atoms with van der Waals surface area (Å²) in [6.45, 7) is 5.03. The highest BCUT2D eigenvalue weighted by atomic mass is 19.2. The first-order valence-corrected chi connectivity index (χ1v) is 8.12. The van der Waals surface area contributed by atoms with E-state index >= 15 is 0 Å². The molecular formula is C17H25F2NO3. The SMILES string of the molecule is CCC(CC)N1CC[C@H](O)[C@@](O)(COc2ccc(F)c(F)c2)C1. The van der Waals surface area contributed by atoms with Gasteiger partial charge in [0, 0.05) is 25.2 Å². The van der Waals surface area contributed by atoms with Crippen molar-refractivity contribution in [2.24, 2.45) is 0 Å². The van der Waals surface area contributed by atoms with Crippen molar-refractivity contribution < 1.29 is 23.7 Å². The Morgan fingerprint density at radius 1 is 1.30 bits per heavy atom. The summed E-state index contributed by atoms with van der Waals surface area (Å²) in [7, 11) is 0. The molecule has 0 aliphatic carbocycles. The number of benzene rings is 1. The van der Waals surface area contributed by atoms with E-state index in [-0.39, 0.29) is 12.4 Å². The van der Waals surface area contributed by atoms with Crippen LogP contribution in [0.15, 0.2) is 18.2 Å². The Morgan fingerprint density at radius 3 is 2.61 bits per heavy atom. The summed E-state index contributed by atoms with van der Waals surface area (Å²) in [4.78, 5) is 2.15. The van der Waals surface area contributed by atoms with Crippen LogP contribution in [0.3, 0.4) is 0 Å². The first-order valence-electron chi connectivity index (χ1n) is 8.12. The average Bonchev–Trinajstić information content (AvgIpc) is 2.53. The lowest BCUT2D eigenvalue weighted by molar-refractivity contribution is -0.145. The van der Waals surface area contributed by atoms with Gasteiger partial charge in [-0.2, -0.15) is 0 Å². The molecule has 1 aliphatic rings. The van der Waals surface area contributed by atoms with Crippen LogP contribution in [-0.4, -0.2) is 52.6 Å². The summed E-state index contributed by atoms with van der Waals surface area (Å²) in [5.41, 5.74) is -1.42. The van der Waals surface area contributed by atoms with E-state index in [0.717, 1.165) is 31.5 Å². The van der Waals surface area contributed by atoms with Crippen LogP contribution >= 0.6 is 0 Å². The Labute approximate surface area is 135 Å². The number of hydrogen-bond acceptors (Lipinski definition) is 4. The number of piperidine rings is 1.